The van der Waals surface area contributed by atoms with E-state index in [0.29, 0.717) is 16.9 Å². The predicted molar refractivity (Wildman–Crippen MR) is 124 cm³/mol. The van der Waals surface area contributed by atoms with Crippen LogP contribution in [0.3, 0.4) is 0 Å². The third kappa shape index (κ3) is 5.13. The van der Waals surface area contributed by atoms with Crippen LogP contribution >= 0.6 is 0 Å². The highest BCUT2D eigenvalue weighted by atomic mass is 16.1. The Labute approximate surface area is 178 Å². The SMILES string of the molecule is C.Cc1cccc(CN2CC(=Cc3ccc(C(=O)Nc4ccccc4N)cc3)C2)n1. The normalized spacial score (nSPS) is 13.2. The summed E-state index contributed by atoms with van der Waals surface area (Å²) in [6.45, 7) is 4.79. The second-order valence-electron chi connectivity index (χ2n) is 7.38. The molecule has 1 aliphatic heterocycles. The van der Waals surface area contributed by atoms with E-state index in [9.17, 15) is 4.79 Å². The van der Waals surface area contributed by atoms with Crippen LogP contribution in [0.15, 0.2) is 72.3 Å². The van der Waals surface area contributed by atoms with Gasteiger partial charge in [-0.1, -0.05) is 43.8 Å². The molecular weight excluding hydrogens is 372 g/mol. The summed E-state index contributed by atoms with van der Waals surface area (Å²) in [6, 6.07) is 21.0. The third-order valence-electron chi connectivity index (χ3n) is 4.94. The summed E-state index contributed by atoms with van der Waals surface area (Å²) in [7, 11) is 0. The first-order valence-electron chi connectivity index (χ1n) is 9.67. The van der Waals surface area contributed by atoms with E-state index in [2.05, 4.69) is 33.4 Å². The van der Waals surface area contributed by atoms with E-state index in [1.807, 2.05) is 49.4 Å². The quantitative estimate of drug-likeness (QED) is 0.606. The molecule has 0 atom stereocenters. The number of nitrogens with zero attached hydrogens (tertiary/aromatic N) is 2. The third-order valence-corrected chi connectivity index (χ3v) is 4.94. The molecule has 0 aliphatic carbocycles. The minimum atomic E-state index is -0.164. The van der Waals surface area contributed by atoms with Gasteiger partial charge in [0, 0.05) is 30.9 Å². The maximum Gasteiger partial charge on any atom is 0.255 e. The van der Waals surface area contributed by atoms with Crippen molar-refractivity contribution in [2.75, 3.05) is 24.1 Å². The number of hydrogen-bond donors (Lipinski definition) is 2. The monoisotopic (exact) mass is 400 g/mol. The highest BCUT2D eigenvalue weighted by Crippen LogP contribution is 2.21. The van der Waals surface area contributed by atoms with Crippen molar-refractivity contribution in [3.63, 3.8) is 0 Å². The van der Waals surface area contributed by atoms with Crippen LogP contribution in [0.1, 0.15) is 34.7 Å². The van der Waals surface area contributed by atoms with Crippen LogP contribution in [0.25, 0.3) is 6.08 Å². The Morgan fingerprint density at radius 3 is 2.50 bits per heavy atom. The number of aryl methyl sites for hydroxylation is 1. The molecule has 0 unspecified atom stereocenters. The standard InChI is InChI=1S/C24H24N4O.CH4/c1-17-5-4-6-21(26-17)16-28-14-19(15-28)13-18-9-11-20(12-10-18)24(29)27-23-8-3-2-7-22(23)25;/h2-13H,14-16,25H2,1H3,(H,27,29);1H4. The summed E-state index contributed by atoms with van der Waals surface area (Å²) in [6.07, 6.45) is 2.19. The van der Waals surface area contributed by atoms with Crippen LogP contribution in [0.5, 0.6) is 0 Å². The maximum atomic E-state index is 12.4. The zero-order valence-corrected chi connectivity index (χ0v) is 16.4. The largest absolute Gasteiger partial charge is 0.397 e. The molecule has 1 aromatic heterocycles. The summed E-state index contributed by atoms with van der Waals surface area (Å²) in [5, 5.41) is 2.85. The number of likely N-dealkylation sites (tertiary alicyclic amines) is 1. The fourth-order valence-corrected chi connectivity index (χ4v) is 3.42. The molecule has 1 amide bonds. The lowest BCUT2D eigenvalue weighted by atomic mass is 10.0. The van der Waals surface area contributed by atoms with Gasteiger partial charge >= 0.3 is 0 Å². The van der Waals surface area contributed by atoms with E-state index in [0.717, 1.165) is 36.6 Å². The fourth-order valence-electron chi connectivity index (χ4n) is 3.42. The van der Waals surface area contributed by atoms with E-state index < -0.39 is 0 Å². The van der Waals surface area contributed by atoms with Gasteiger partial charge in [0.2, 0.25) is 0 Å². The van der Waals surface area contributed by atoms with Gasteiger partial charge in [0.15, 0.2) is 0 Å². The molecular formula is C25H28N4O. The first-order chi connectivity index (χ1) is 14.1. The molecule has 1 fully saturated rings. The number of rotatable bonds is 5. The van der Waals surface area contributed by atoms with Crippen molar-refractivity contribution >= 4 is 23.4 Å². The van der Waals surface area contributed by atoms with Gasteiger partial charge in [0.1, 0.15) is 0 Å². The predicted octanol–water partition coefficient (Wildman–Crippen LogP) is 4.76. The number of nitrogen functional groups attached to an aromatic ring is 1. The van der Waals surface area contributed by atoms with Crippen molar-refractivity contribution in [2.24, 2.45) is 0 Å². The molecule has 4 rings (SSSR count). The lowest BCUT2D eigenvalue weighted by Gasteiger charge is -2.33. The summed E-state index contributed by atoms with van der Waals surface area (Å²) >= 11 is 0. The van der Waals surface area contributed by atoms with Crippen LogP contribution < -0.4 is 11.1 Å². The molecule has 3 N–H and O–H groups in total. The number of para-hydroxylation sites is 2. The highest BCUT2D eigenvalue weighted by molar-refractivity contribution is 6.05. The smallest absolute Gasteiger partial charge is 0.255 e. The minimum Gasteiger partial charge on any atom is -0.397 e. The molecule has 5 heteroatoms. The molecule has 0 bridgehead atoms. The van der Waals surface area contributed by atoms with Gasteiger partial charge in [-0.25, -0.2) is 0 Å². The Bertz CT molecular complexity index is 1050. The topological polar surface area (TPSA) is 71.2 Å². The van der Waals surface area contributed by atoms with E-state index in [1.165, 1.54) is 5.57 Å². The van der Waals surface area contributed by atoms with Gasteiger partial charge in [-0.2, -0.15) is 0 Å². The lowest BCUT2D eigenvalue weighted by Crippen LogP contribution is -2.39. The molecule has 5 nitrogen and oxygen atoms in total. The number of aromatic nitrogens is 1. The molecule has 0 saturated carbocycles. The zero-order chi connectivity index (χ0) is 20.2. The van der Waals surface area contributed by atoms with Crippen molar-refractivity contribution in [1.82, 2.24) is 9.88 Å². The minimum absolute atomic E-state index is 0. The molecule has 0 spiro atoms. The van der Waals surface area contributed by atoms with E-state index >= 15 is 0 Å². The van der Waals surface area contributed by atoms with Gasteiger partial charge in [0.05, 0.1) is 17.1 Å². The van der Waals surface area contributed by atoms with Crippen molar-refractivity contribution < 1.29 is 4.79 Å². The Hall–Kier alpha value is -3.44. The summed E-state index contributed by atoms with van der Waals surface area (Å²) < 4.78 is 0. The van der Waals surface area contributed by atoms with Crippen LogP contribution in [-0.2, 0) is 6.54 Å². The number of benzene rings is 2. The second-order valence-corrected chi connectivity index (χ2v) is 7.38. The first-order valence-corrected chi connectivity index (χ1v) is 9.67. The van der Waals surface area contributed by atoms with Crippen LogP contribution in [-0.4, -0.2) is 28.9 Å². The molecule has 2 aromatic carbocycles. The number of pyridine rings is 1. The van der Waals surface area contributed by atoms with Crippen LogP contribution in [0.4, 0.5) is 11.4 Å². The second kappa shape index (κ2) is 9.37. The molecule has 0 radical (unpaired) electrons. The van der Waals surface area contributed by atoms with Crippen molar-refractivity contribution in [1.29, 1.82) is 0 Å². The Morgan fingerprint density at radius 1 is 1.07 bits per heavy atom. The van der Waals surface area contributed by atoms with E-state index in [1.54, 1.807) is 12.1 Å². The first kappa shape index (κ1) is 21.3. The number of nitrogens with two attached hydrogens (primary N) is 1. The molecule has 30 heavy (non-hydrogen) atoms. The van der Waals surface area contributed by atoms with Crippen LogP contribution in [0, 0.1) is 6.92 Å². The fraction of sp³-hybridized carbons (Fsp3) is 0.200. The zero-order valence-electron chi connectivity index (χ0n) is 16.4. The molecule has 3 aromatic rings. The van der Waals surface area contributed by atoms with Crippen molar-refractivity contribution in [3.8, 4) is 0 Å². The Morgan fingerprint density at radius 2 is 1.80 bits per heavy atom. The summed E-state index contributed by atoms with van der Waals surface area (Å²) in [4.78, 5) is 19.3. The number of anilines is 2. The number of carbonyl (C=O) groups is 1. The number of nitrogens with one attached hydrogen (secondary N) is 1. The average Bonchev–Trinajstić information content (AvgIpc) is 2.68. The molecule has 2 heterocycles. The number of carbonyl (C=O) groups excluding carboxylic acids is 1. The van der Waals surface area contributed by atoms with Crippen molar-refractivity contribution in [3.05, 3.63) is 94.8 Å². The Kier molecular flexibility index (Phi) is 6.65. The number of hydrogen-bond acceptors (Lipinski definition) is 4. The summed E-state index contributed by atoms with van der Waals surface area (Å²) in [5.41, 5.74) is 12.3. The van der Waals surface area contributed by atoms with Gasteiger partial charge in [-0.3, -0.25) is 14.7 Å². The molecule has 1 aliphatic rings. The molecule has 154 valence electrons. The lowest BCUT2D eigenvalue weighted by molar-refractivity contribution is 0.102. The molecule has 1 saturated heterocycles. The van der Waals surface area contributed by atoms with E-state index in [4.69, 9.17) is 5.73 Å². The maximum absolute atomic E-state index is 12.4. The van der Waals surface area contributed by atoms with E-state index in [-0.39, 0.29) is 13.3 Å². The van der Waals surface area contributed by atoms with Gasteiger partial charge in [0.25, 0.3) is 5.91 Å². The summed E-state index contributed by atoms with van der Waals surface area (Å²) in [5.74, 6) is -0.164. The Balaban J connectivity index is 0.00000256. The van der Waals surface area contributed by atoms with Gasteiger partial charge < -0.3 is 11.1 Å². The average molecular weight is 401 g/mol. The van der Waals surface area contributed by atoms with Crippen LogP contribution in [0.2, 0.25) is 0 Å². The van der Waals surface area contributed by atoms with Gasteiger partial charge in [-0.15, -0.1) is 0 Å². The number of amides is 1. The highest BCUT2D eigenvalue weighted by Gasteiger charge is 2.20. The van der Waals surface area contributed by atoms with Crippen molar-refractivity contribution in [2.45, 2.75) is 20.9 Å². The van der Waals surface area contributed by atoms with Gasteiger partial charge in [-0.05, 0) is 54.5 Å².